The van der Waals surface area contributed by atoms with Crippen molar-refractivity contribution in [3.63, 3.8) is 0 Å². The lowest BCUT2D eigenvalue weighted by atomic mass is 10.2. The Morgan fingerprint density at radius 3 is 2.60 bits per heavy atom. The SMILES string of the molecule is CCC(N)C(=O)NC(C)CN1CCCC1. The fraction of sp³-hybridized carbons (Fsp3) is 0.909. The van der Waals surface area contributed by atoms with Gasteiger partial charge in [0.05, 0.1) is 6.04 Å². The Morgan fingerprint density at radius 2 is 2.07 bits per heavy atom. The van der Waals surface area contributed by atoms with Gasteiger partial charge >= 0.3 is 0 Å². The summed E-state index contributed by atoms with van der Waals surface area (Å²) in [6.45, 7) is 7.25. The number of rotatable bonds is 5. The second-order valence-electron chi connectivity index (χ2n) is 4.43. The number of hydrogen-bond acceptors (Lipinski definition) is 3. The lowest BCUT2D eigenvalue weighted by Crippen LogP contribution is -2.47. The number of carbonyl (C=O) groups is 1. The van der Waals surface area contributed by atoms with E-state index in [1.54, 1.807) is 0 Å². The summed E-state index contributed by atoms with van der Waals surface area (Å²) >= 11 is 0. The Hall–Kier alpha value is -0.610. The van der Waals surface area contributed by atoms with E-state index in [0.29, 0.717) is 6.42 Å². The molecule has 0 aromatic rings. The number of nitrogens with one attached hydrogen (secondary N) is 1. The maximum absolute atomic E-state index is 11.5. The quantitative estimate of drug-likeness (QED) is 0.691. The molecule has 0 aromatic heterocycles. The van der Waals surface area contributed by atoms with Gasteiger partial charge < -0.3 is 16.0 Å². The minimum atomic E-state index is -0.356. The van der Waals surface area contributed by atoms with Crippen molar-refractivity contribution in [2.45, 2.75) is 45.2 Å². The lowest BCUT2D eigenvalue weighted by molar-refractivity contribution is -0.123. The number of amides is 1. The predicted octanol–water partition coefficient (Wildman–Crippen LogP) is 0.324. The van der Waals surface area contributed by atoms with Gasteiger partial charge in [-0.2, -0.15) is 0 Å². The number of nitrogens with two attached hydrogens (primary N) is 1. The van der Waals surface area contributed by atoms with Crippen LogP contribution in [0.4, 0.5) is 0 Å². The average molecular weight is 213 g/mol. The minimum absolute atomic E-state index is 0.0239. The van der Waals surface area contributed by atoms with E-state index in [9.17, 15) is 4.79 Å². The van der Waals surface area contributed by atoms with E-state index >= 15 is 0 Å². The van der Waals surface area contributed by atoms with Gasteiger partial charge in [0, 0.05) is 12.6 Å². The average Bonchev–Trinajstić information content (AvgIpc) is 2.68. The molecule has 4 heteroatoms. The first-order valence-corrected chi connectivity index (χ1v) is 5.91. The second kappa shape index (κ2) is 6.08. The van der Waals surface area contributed by atoms with Gasteiger partial charge in [0.25, 0.3) is 0 Å². The Bertz CT molecular complexity index is 202. The largest absolute Gasteiger partial charge is 0.351 e. The summed E-state index contributed by atoms with van der Waals surface area (Å²) in [5.74, 6) is -0.0239. The highest BCUT2D eigenvalue weighted by molar-refractivity contribution is 5.81. The van der Waals surface area contributed by atoms with Gasteiger partial charge in [-0.25, -0.2) is 0 Å². The number of hydrogen-bond donors (Lipinski definition) is 2. The molecule has 15 heavy (non-hydrogen) atoms. The summed E-state index contributed by atoms with van der Waals surface area (Å²) in [6.07, 6.45) is 3.27. The molecule has 1 saturated heterocycles. The second-order valence-corrected chi connectivity index (χ2v) is 4.43. The molecule has 1 aliphatic heterocycles. The zero-order valence-electron chi connectivity index (χ0n) is 9.83. The zero-order chi connectivity index (χ0) is 11.3. The van der Waals surface area contributed by atoms with Gasteiger partial charge in [-0.05, 0) is 39.3 Å². The monoisotopic (exact) mass is 213 g/mol. The van der Waals surface area contributed by atoms with Gasteiger partial charge in [0.15, 0.2) is 0 Å². The molecule has 1 fully saturated rings. The van der Waals surface area contributed by atoms with E-state index in [2.05, 4.69) is 10.2 Å². The summed E-state index contributed by atoms with van der Waals surface area (Å²) in [5.41, 5.74) is 5.65. The number of nitrogens with zero attached hydrogens (tertiary/aromatic N) is 1. The third-order valence-corrected chi connectivity index (χ3v) is 2.90. The van der Waals surface area contributed by atoms with Crippen LogP contribution >= 0.6 is 0 Å². The molecule has 0 aliphatic carbocycles. The van der Waals surface area contributed by atoms with Gasteiger partial charge in [-0.1, -0.05) is 6.92 Å². The van der Waals surface area contributed by atoms with E-state index in [1.807, 2.05) is 13.8 Å². The van der Waals surface area contributed by atoms with Crippen LogP contribution < -0.4 is 11.1 Å². The molecule has 0 spiro atoms. The van der Waals surface area contributed by atoms with Gasteiger partial charge in [0.2, 0.25) is 5.91 Å². The zero-order valence-corrected chi connectivity index (χ0v) is 9.83. The highest BCUT2D eigenvalue weighted by Gasteiger charge is 2.17. The fourth-order valence-corrected chi connectivity index (χ4v) is 1.93. The van der Waals surface area contributed by atoms with Crippen molar-refractivity contribution in [3.05, 3.63) is 0 Å². The summed E-state index contributed by atoms with van der Waals surface area (Å²) in [4.78, 5) is 13.9. The standard InChI is InChI=1S/C11H23N3O/c1-3-10(12)11(15)13-9(2)8-14-6-4-5-7-14/h9-10H,3-8,12H2,1-2H3,(H,13,15). The van der Waals surface area contributed by atoms with Crippen molar-refractivity contribution in [1.82, 2.24) is 10.2 Å². The van der Waals surface area contributed by atoms with Crippen LogP contribution in [0.5, 0.6) is 0 Å². The minimum Gasteiger partial charge on any atom is -0.351 e. The van der Waals surface area contributed by atoms with Crippen molar-refractivity contribution in [2.24, 2.45) is 5.73 Å². The molecule has 1 amide bonds. The Kier molecular flexibility index (Phi) is 5.05. The normalized spacial score (nSPS) is 21.3. The number of likely N-dealkylation sites (tertiary alicyclic amines) is 1. The van der Waals surface area contributed by atoms with Crippen LogP contribution in [0.15, 0.2) is 0 Å². The molecular weight excluding hydrogens is 190 g/mol. The molecule has 88 valence electrons. The highest BCUT2D eigenvalue weighted by atomic mass is 16.2. The first-order valence-electron chi connectivity index (χ1n) is 5.91. The van der Waals surface area contributed by atoms with E-state index in [1.165, 1.54) is 25.9 Å². The molecule has 0 saturated carbocycles. The van der Waals surface area contributed by atoms with Crippen LogP contribution in [0.1, 0.15) is 33.1 Å². The molecular formula is C11H23N3O. The van der Waals surface area contributed by atoms with Crippen LogP contribution in [0.3, 0.4) is 0 Å². The molecule has 2 atom stereocenters. The topological polar surface area (TPSA) is 58.4 Å². The summed E-state index contributed by atoms with van der Waals surface area (Å²) in [7, 11) is 0. The first-order chi connectivity index (χ1) is 7.13. The van der Waals surface area contributed by atoms with Crippen LogP contribution in [-0.4, -0.2) is 42.5 Å². The summed E-state index contributed by atoms with van der Waals surface area (Å²) < 4.78 is 0. The third-order valence-electron chi connectivity index (χ3n) is 2.90. The molecule has 0 radical (unpaired) electrons. The van der Waals surface area contributed by atoms with Crippen molar-refractivity contribution in [1.29, 1.82) is 0 Å². The Morgan fingerprint density at radius 1 is 1.47 bits per heavy atom. The number of carbonyl (C=O) groups excluding carboxylic acids is 1. The van der Waals surface area contributed by atoms with Crippen molar-refractivity contribution < 1.29 is 4.79 Å². The van der Waals surface area contributed by atoms with Crippen LogP contribution in [0.2, 0.25) is 0 Å². The molecule has 0 bridgehead atoms. The lowest BCUT2D eigenvalue weighted by Gasteiger charge is -2.22. The van der Waals surface area contributed by atoms with Crippen LogP contribution in [0.25, 0.3) is 0 Å². The molecule has 1 heterocycles. The van der Waals surface area contributed by atoms with E-state index in [0.717, 1.165) is 6.54 Å². The van der Waals surface area contributed by atoms with Crippen LogP contribution in [0, 0.1) is 0 Å². The molecule has 1 rings (SSSR count). The smallest absolute Gasteiger partial charge is 0.237 e. The van der Waals surface area contributed by atoms with E-state index < -0.39 is 0 Å². The van der Waals surface area contributed by atoms with Gasteiger partial charge in [-0.3, -0.25) is 4.79 Å². The summed E-state index contributed by atoms with van der Waals surface area (Å²) in [5, 5.41) is 2.95. The fourth-order valence-electron chi connectivity index (χ4n) is 1.93. The van der Waals surface area contributed by atoms with Gasteiger partial charge in [0.1, 0.15) is 0 Å². The summed E-state index contributed by atoms with van der Waals surface area (Å²) in [6, 6.07) is -0.153. The van der Waals surface area contributed by atoms with E-state index in [-0.39, 0.29) is 18.0 Å². The Balaban J connectivity index is 2.22. The highest BCUT2D eigenvalue weighted by Crippen LogP contribution is 2.07. The maximum Gasteiger partial charge on any atom is 0.237 e. The van der Waals surface area contributed by atoms with Gasteiger partial charge in [-0.15, -0.1) is 0 Å². The molecule has 0 aromatic carbocycles. The van der Waals surface area contributed by atoms with E-state index in [4.69, 9.17) is 5.73 Å². The van der Waals surface area contributed by atoms with Crippen LogP contribution in [-0.2, 0) is 4.79 Å². The van der Waals surface area contributed by atoms with Crippen molar-refractivity contribution in [2.75, 3.05) is 19.6 Å². The molecule has 1 aliphatic rings. The first kappa shape index (κ1) is 12.5. The van der Waals surface area contributed by atoms with Crippen molar-refractivity contribution >= 4 is 5.91 Å². The van der Waals surface area contributed by atoms with Crippen molar-refractivity contribution in [3.8, 4) is 0 Å². The third kappa shape index (κ3) is 4.18. The predicted molar refractivity (Wildman–Crippen MR) is 61.5 cm³/mol. The molecule has 4 nitrogen and oxygen atoms in total. The Labute approximate surface area is 92.2 Å². The molecule has 2 unspecified atom stereocenters. The maximum atomic E-state index is 11.5. The molecule has 3 N–H and O–H groups in total.